The van der Waals surface area contributed by atoms with Gasteiger partial charge in [-0.2, -0.15) is 0 Å². The number of rotatable bonds is 7. The lowest BCUT2D eigenvalue weighted by Gasteiger charge is -2.09. The molecule has 0 bridgehead atoms. The maximum Gasteiger partial charge on any atom is 0.344 e. The van der Waals surface area contributed by atoms with Crippen molar-refractivity contribution in [2.45, 2.75) is 13.5 Å². The van der Waals surface area contributed by atoms with Gasteiger partial charge in [-0.3, -0.25) is 0 Å². The molecular formula is C18H18O6. The maximum absolute atomic E-state index is 11.9. The van der Waals surface area contributed by atoms with E-state index in [0.717, 1.165) is 0 Å². The van der Waals surface area contributed by atoms with Crippen molar-refractivity contribution >= 4 is 11.9 Å². The van der Waals surface area contributed by atoms with Crippen molar-refractivity contribution in [2.24, 2.45) is 0 Å². The Morgan fingerprint density at radius 2 is 1.83 bits per heavy atom. The van der Waals surface area contributed by atoms with Gasteiger partial charge in [-0.25, -0.2) is 9.59 Å². The highest BCUT2D eigenvalue weighted by Gasteiger charge is 2.11. The van der Waals surface area contributed by atoms with Crippen LogP contribution in [0.2, 0.25) is 0 Å². The van der Waals surface area contributed by atoms with Crippen molar-refractivity contribution in [1.29, 1.82) is 0 Å². The maximum atomic E-state index is 11.9. The molecule has 0 spiro atoms. The van der Waals surface area contributed by atoms with Crippen LogP contribution in [-0.4, -0.2) is 30.3 Å². The van der Waals surface area contributed by atoms with Crippen LogP contribution in [0.4, 0.5) is 0 Å². The van der Waals surface area contributed by atoms with Crippen molar-refractivity contribution in [3.05, 3.63) is 59.7 Å². The van der Waals surface area contributed by atoms with E-state index in [-0.39, 0.29) is 24.5 Å². The van der Waals surface area contributed by atoms with Crippen molar-refractivity contribution in [3.63, 3.8) is 0 Å². The number of phenols is 1. The predicted molar refractivity (Wildman–Crippen MR) is 85.8 cm³/mol. The summed E-state index contributed by atoms with van der Waals surface area (Å²) < 4.78 is 15.1. The normalized spacial score (nSPS) is 10.0. The Balaban J connectivity index is 1.94. The largest absolute Gasteiger partial charge is 0.508 e. The van der Waals surface area contributed by atoms with E-state index >= 15 is 0 Å². The van der Waals surface area contributed by atoms with Crippen LogP contribution < -0.4 is 4.74 Å². The molecule has 6 nitrogen and oxygen atoms in total. The molecule has 0 radical (unpaired) electrons. The summed E-state index contributed by atoms with van der Waals surface area (Å²) in [5, 5.41) is 9.70. The van der Waals surface area contributed by atoms with Crippen molar-refractivity contribution in [2.75, 3.05) is 13.2 Å². The van der Waals surface area contributed by atoms with Crippen LogP contribution in [-0.2, 0) is 20.9 Å². The lowest BCUT2D eigenvalue weighted by molar-refractivity contribution is -0.146. The number of carbonyl (C=O) groups is 2. The number of benzene rings is 2. The number of carbonyl (C=O) groups excluding carboxylic acids is 2. The molecule has 2 rings (SSSR count). The summed E-state index contributed by atoms with van der Waals surface area (Å²) >= 11 is 0. The highest BCUT2D eigenvalue weighted by atomic mass is 16.6. The van der Waals surface area contributed by atoms with Gasteiger partial charge in [0.1, 0.15) is 18.1 Å². The van der Waals surface area contributed by atoms with Crippen molar-refractivity contribution in [3.8, 4) is 11.5 Å². The third-order valence-electron chi connectivity index (χ3n) is 3.08. The molecule has 6 heteroatoms. The second kappa shape index (κ2) is 8.57. The third kappa shape index (κ3) is 5.01. The minimum atomic E-state index is -0.643. The number of phenolic OH excluding ortho intramolecular Hbond substituents is 1. The average molecular weight is 330 g/mol. The van der Waals surface area contributed by atoms with Crippen LogP contribution in [0, 0.1) is 0 Å². The first kappa shape index (κ1) is 17.3. The topological polar surface area (TPSA) is 82.1 Å². The summed E-state index contributed by atoms with van der Waals surface area (Å²) in [6.07, 6.45) is 0. The molecule has 2 aromatic rings. The van der Waals surface area contributed by atoms with E-state index in [0.29, 0.717) is 11.3 Å². The highest BCUT2D eigenvalue weighted by molar-refractivity contribution is 5.91. The zero-order valence-electron chi connectivity index (χ0n) is 13.2. The Kier molecular flexibility index (Phi) is 6.19. The lowest BCUT2D eigenvalue weighted by atomic mass is 10.2. The number of hydrogen-bond donors (Lipinski definition) is 1. The zero-order valence-corrected chi connectivity index (χ0v) is 13.2. The average Bonchev–Trinajstić information content (AvgIpc) is 2.59. The third-order valence-corrected chi connectivity index (χ3v) is 3.08. The number of aromatic hydroxyl groups is 1. The summed E-state index contributed by atoms with van der Waals surface area (Å²) in [6.45, 7) is 1.63. The Morgan fingerprint density at radius 3 is 2.58 bits per heavy atom. The van der Waals surface area contributed by atoms with Gasteiger partial charge in [0.2, 0.25) is 0 Å². The smallest absolute Gasteiger partial charge is 0.344 e. The molecule has 24 heavy (non-hydrogen) atoms. The Hall–Kier alpha value is -3.02. The van der Waals surface area contributed by atoms with Gasteiger partial charge in [-0.1, -0.05) is 24.3 Å². The van der Waals surface area contributed by atoms with Crippen LogP contribution in [0.15, 0.2) is 48.5 Å². The summed E-state index contributed by atoms with van der Waals surface area (Å²) in [5.74, 6) is -0.653. The van der Waals surface area contributed by atoms with E-state index in [9.17, 15) is 14.7 Å². The molecule has 126 valence electrons. The van der Waals surface area contributed by atoms with Crippen LogP contribution >= 0.6 is 0 Å². The van der Waals surface area contributed by atoms with Crippen molar-refractivity contribution < 1.29 is 28.9 Å². The highest BCUT2D eigenvalue weighted by Crippen LogP contribution is 2.20. The van der Waals surface area contributed by atoms with Gasteiger partial charge in [0.15, 0.2) is 6.61 Å². The van der Waals surface area contributed by atoms with Crippen LogP contribution in [0.5, 0.6) is 11.5 Å². The van der Waals surface area contributed by atoms with Gasteiger partial charge < -0.3 is 19.3 Å². The van der Waals surface area contributed by atoms with Gasteiger partial charge in [-0.05, 0) is 31.2 Å². The van der Waals surface area contributed by atoms with E-state index in [4.69, 9.17) is 9.47 Å². The number of hydrogen-bond acceptors (Lipinski definition) is 6. The van der Waals surface area contributed by atoms with Gasteiger partial charge in [0, 0.05) is 5.56 Å². The quantitative estimate of drug-likeness (QED) is 0.786. The molecule has 0 saturated heterocycles. The van der Waals surface area contributed by atoms with Crippen LogP contribution in [0.25, 0.3) is 0 Å². The summed E-state index contributed by atoms with van der Waals surface area (Å²) in [7, 11) is 0. The SMILES string of the molecule is CCOC(=O)COC(=O)c1cccc(OCc2ccccc2O)c1. The van der Waals surface area contributed by atoms with Gasteiger partial charge >= 0.3 is 11.9 Å². The van der Waals surface area contributed by atoms with Crippen LogP contribution in [0.1, 0.15) is 22.8 Å². The Morgan fingerprint density at radius 1 is 1.04 bits per heavy atom. The van der Waals surface area contributed by atoms with Crippen molar-refractivity contribution in [1.82, 2.24) is 0 Å². The lowest BCUT2D eigenvalue weighted by Crippen LogP contribution is -2.16. The molecule has 0 heterocycles. The molecule has 0 atom stereocenters. The molecular weight excluding hydrogens is 312 g/mol. The zero-order chi connectivity index (χ0) is 17.4. The van der Waals surface area contributed by atoms with E-state index in [1.165, 1.54) is 6.07 Å². The molecule has 0 unspecified atom stereocenters. The summed E-state index contributed by atoms with van der Waals surface area (Å²) in [5.41, 5.74) is 0.891. The standard InChI is InChI=1S/C18H18O6/c1-2-22-17(20)12-24-18(21)13-7-5-8-15(10-13)23-11-14-6-3-4-9-16(14)19/h3-10,19H,2,11-12H2,1H3. The first-order chi connectivity index (χ1) is 11.6. The van der Waals surface area contributed by atoms with E-state index in [1.54, 1.807) is 49.4 Å². The van der Waals surface area contributed by atoms with Gasteiger partial charge in [-0.15, -0.1) is 0 Å². The van der Waals surface area contributed by atoms with Crippen LogP contribution in [0.3, 0.4) is 0 Å². The molecule has 0 aliphatic heterocycles. The fourth-order valence-corrected chi connectivity index (χ4v) is 1.92. The fraction of sp³-hybridized carbons (Fsp3) is 0.222. The first-order valence-corrected chi connectivity index (χ1v) is 7.42. The Bertz CT molecular complexity index is 710. The molecule has 0 aromatic heterocycles. The minimum absolute atomic E-state index is 0.141. The second-order valence-corrected chi connectivity index (χ2v) is 4.83. The molecule has 0 amide bonds. The molecule has 1 N–H and O–H groups in total. The molecule has 0 fully saturated rings. The number of para-hydroxylation sites is 1. The van der Waals surface area contributed by atoms with E-state index in [1.807, 2.05) is 0 Å². The van der Waals surface area contributed by atoms with Gasteiger partial charge in [0.05, 0.1) is 12.2 Å². The summed E-state index contributed by atoms with van der Waals surface area (Å²) in [4.78, 5) is 23.1. The van der Waals surface area contributed by atoms with E-state index < -0.39 is 18.5 Å². The second-order valence-electron chi connectivity index (χ2n) is 4.83. The number of esters is 2. The summed E-state index contributed by atoms with van der Waals surface area (Å²) in [6, 6.07) is 13.2. The molecule has 0 aliphatic carbocycles. The van der Waals surface area contributed by atoms with E-state index in [2.05, 4.69) is 4.74 Å². The minimum Gasteiger partial charge on any atom is -0.508 e. The molecule has 0 aliphatic rings. The predicted octanol–water partition coefficient (Wildman–Crippen LogP) is 2.69. The van der Waals surface area contributed by atoms with Gasteiger partial charge in [0.25, 0.3) is 0 Å². The fourth-order valence-electron chi connectivity index (χ4n) is 1.92. The monoisotopic (exact) mass is 330 g/mol. The first-order valence-electron chi connectivity index (χ1n) is 7.42. The number of ether oxygens (including phenoxy) is 3. The Labute approximate surface area is 139 Å². The molecule has 2 aromatic carbocycles. The molecule has 0 saturated carbocycles.